The van der Waals surface area contributed by atoms with Crippen molar-refractivity contribution < 1.29 is 9.90 Å². The number of carboxylic acids is 1. The third-order valence-electron chi connectivity index (χ3n) is 2.94. The van der Waals surface area contributed by atoms with Crippen molar-refractivity contribution in [2.24, 2.45) is 0 Å². The van der Waals surface area contributed by atoms with Crippen LogP contribution in [-0.2, 0) is 17.9 Å². The molecule has 1 aromatic heterocycles. The average Bonchev–Trinajstić information content (AvgIpc) is 2.77. The molecule has 1 aliphatic heterocycles. The largest absolute Gasteiger partial charge is 0.480 e. The minimum atomic E-state index is -0.897. The minimum absolute atomic E-state index is 0.122. The molecule has 1 aliphatic rings. The monoisotopic (exact) mass is 224 g/mol. The van der Waals surface area contributed by atoms with E-state index in [0.717, 1.165) is 18.8 Å². The summed E-state index contributed by atoms with van der Waals surface area (Å²) >= 11 is 0. The predicted octanol–water partition coefficient (Wildman–Crippen LogP) is 0.347. The van der Waals surface area contributed by atoms with Crippen LogP contribution < -0.4 is 0 Å². The molecule has 1 N–H and O–H groups in total. The molecule has 1 saturated heterocycles. The summed E-state index contributed by atoms with van der Waals surface area (Å²) in [6.45, 7) is 3.94. The summed E-state index contributed by atoms with van der Waals surface area (Å²) in [6, 6.07) is 0.588. The van der Waals surface area contributed by atoms with Gasteiger partial charge in [-0.25, -0.2) is 4.68 Å². The van der Waals surface area contributed by atoms with Crippen molar-refractivity contribution in [2.45, 2.75) is 38.9 Å². The molecule has 0 spiro atoms. The highest BCUT2D eigenvalue weighted by Crippen LogP contribution is 2.18. The second kappa shape index (κ2) is 4.61. The summed E-state index contributed by atoms with van der Waals surface area (Å²) in [6.07, 6.45) is 4.16. The number of hydrogen-bond donors (Lipinski definition) is 1. The predicted molar refractivity (Wildman–Crippen MR) is 56.8 cm³/mol. The van der Waals surface area contributed by atoms with E-state index in [2.05, 4.69) is 22.1 Å². The third kappa shape index (κ3) is 2.57. The van der Waals surface area contributed by atoms with Crippen LogP contribution in [0.2, 0.25) is 0 Å². The van der Waals surface area contributed by atoms with Gasteiger partial charge in [-0.1, -0.05) is 5.21 Å². The van der Waals surface area contributed by atoms with Crippen LogP contribution in [0.3, 0.4) is 0 Å². The van der Waals surface area contributed by atoms with Gasteiger partial charge in [0.1, 0.15) is 6.54 Å². The normalized spacial score (nSPS) is 21.4. The van der Waals surface area contributed by atoms with E-state index in [-0.39, 0.29) is 6.54 Å². The molecule has 0 aliphatic carbocycles. The summed E-state index contributed by atoms with van der Waals surface area (Å²) in [4.78, 5) is 12.8. The first-order valence-corrected chi connectivity index (χ1v) is 5.50. The van der Waals surface area contributed by atoms with Gasteiger partial charge in [0.05, 0.1) is 11.9 Å². The van der Waals surface area contributed by atoms with Gasteiger partial charge in [-0.05, 0) is 26.3 Å². The molecular weight excluding hydrogens is 208 g/mol. The second-order valence-corrected chi connectivity index (χ2v) is 4.26. The number of rotatable bonds is 4. The molecular formula is C10H16N4O2. The topological polar surface area (TPSA) is 71.2 Å². The SMILES string of the molecule is CC1CCCN1Cc1cn(CC(=O)O)nn1. The Bertz CT molecular complexity index is 377. The Labute approximate surface area is 93.9 Å². The van der Waals surface area contributed by atoms with E-state index in [9.17, 15) is 4.79 Å². The molecule has 0 radical (unpaired) electrons. The van der Waals surface area contributed by atoms with Crippen molar-refractivity contribution in [1.82, 2.24) is 19.9 Å². The fourth-order valence-corrected chi connectivity index (χ4v) is 2.06. The second-order valence-electron chi connectivity index (χ2n) is 4.26. The van der Waals surface area contributed by atoms with E-state index in [4.69, 9.17) is 5.11 Å². The van der Waals surface area contributed by atoms with Crippen LogP contribution in [0.1, 0.15) is 25.5 Å². The molecule has 88 valence electrons. The van der Waals surface area contributed by atoms with Crippen LogP contribution in [0, 0.1) is 0 Å². The Balaban J connectivity index is 1.94. The number of aromatic nitrogens is 3. The van der Waals surface area contributed by atoms with Gasteiger partial charge in [-0.2, -0.15) is 0 Å². The van der Waals surface area contributed by atoms with Crippen LogP contribution in [0.5, 0.6) is 0 Å². The van der Waals surface area contributed by atoms with Crippen LogP contribution in [0.15, 0.2) is 6.20 Å². The highest BCUT2D eigenvalue weighted by molar-refractivity contribution is 5.66. The smallest absolute Gasteiger partial charge is 0.325 e. The standard InChI is InChI=1S/C10H16N4O2/c1-8-3-2-4-13(8)5-9-6-14(12-11-9)7-10(15)16/h6,8H,2-5,7H2,1H3,(H,15,16). The van der Waals surface area contributed by atoms with Gasteiger partial charge in [0, 0.05) is 12.6 Å². The van der Waals surface area contributed by atoms with Gasteiger partial charge in [0.2, 0.25) is 0 Å². The molecule has 6 heteroatoms. The third-order valence-corrected chi connectivity index (χ3v) is 2.94. The Morgan fingerprint density at radius 2 is 2.50 bits per heavy atom. The quantitative estimate of drug-likeness (QED) is 0.799. The highest BCUT2D eigenvalue weighted by Gasteiger charge is 2.21. The summed E-state index contributed by atoms with van der Waals surface area (Å²) in [5.74, 6) is -0.897. The maximum Gasteiger partial charge on any atom is 0.325 e. The van der Waals surface area contributed by atoms with E-state index in [1.54, 1.807) is 6.20 Å². The maximum atomic E-state index is 10.5. The molecule has 0 amide bonds. The summed E-state index contributed by atoms with van der Waals surface area (Å²) < 4.78 is 1.36. The molecule has 16 heavy (non-hydrogen) atoms. The van der Waals surface area contributed by atoms with Crippen molar-refractivity contribution in [2.75, 3.05) is 6.54 Å². The maximum absolute atomic E-state index is 10.5. The fraction of sp³-hybridized carbons (Fsp3) is 0.700. The number of aliphatic carboxylic acids is 1. The molecule has 0 bridgehead atoms. The summed E-state index contributed by atoms with van der Waals surface area (Å²) in [5, 5.41) is 16.4. The Morgan fingerprint density at radius 3 is 3.12 bits per heavy atom. The number of hydrogen-bond acceptors (Lipinski definition) is 4. The molecule has 0 saturated carbocycles. The molecule has 2 rings (SSSR count). The first kappa shape index (κ1) is 11.1. The Hall–Kier alpha value is -1.43. The lowest BCUT2D eigenvalue weighted by Crippen LogP contribution is -2.26. The van der Waals surface area contributed by atoms with E-state index in [1.165, 1.54) is 17.5 Å². The molecule has 2 heterocycles. The summed E-state index contributed by atoms with van der Waals surface area (Å²) in [5.41, 5.74) is 0.843. The summed E-state index contributed by atoms with van der Waals surface area (Å²) in [7, 11) is 0. The molecule has 1 atom stereocenters. The van der Waals surface area contributed by atoms with Gasteiger partial charge >= 0.3 is 5.97 Å². The van der Waals surface area contributed by atoms with Crippen molar-refractivity contribution in [3.8, 4) is 0 Å². The lowest BCUT2D eigenvalue weighted by atomic mass is 10.2. The van der Waals surface area contributed by atoms with Crippen molar-refractivity contribution >= 4 is 5.97 Å². The van der Waals surface area contributed by atoms with Crippen LogP contribution in [0.4, 0.5) is 0 Å². The highest BCUT2D eigenvalue weighted by atomic mass is 16.4. The first-order valence-electron chi connectivity index (χ1n) is 5.50. The van der Waals surface area contributed by atoms with Crippen molar-refractivity contribution in [3.05, 3.63) is 11.9 Å². The number of carboxylic acid groups (broad SMARTS) is 1. The van der Waals surface area contributed by atoms with Crippen LogP contribution >= 0.6 is 0 Å². The van der Waals surface area contributed by atoms with Gasteiger partial charge in [0.25, 0.3) is 0 Å². The Kier molecular flexibility index (Phi) is 3.19. The molecule has 1 fully saturated rings. The fourth-order valence-electron chi connectivity index (χ4n) is 2.06. The zero-order valence-corrected chi connectivity index (χ0v) is 9.33. The lowest BCUT2D eigenvalue weighted by Gasteiger charge is -2.18. The van der Waals surface area contributed by atoms with Gasteiger partial charge in [0.15, 0.2) is 0 Å². The Morgan fingerprint density at radius 1 is 1.69 bits per heavy atom. The zero-order chi connectivity index (χ0) is 11.5. The van der Waals surface area contributed by atoms with Gasteiger partial charge in [-0.15, -0.1) is 5.10 Å². The molecule has 1 unspecified atom stereocenters. The zero-order valence-electron chi connectivity index (χ0n) is 9.33. The van der Waals surface area contributed by atoms with E-state index < -0.39 is 5.97 Å². The van der Waals surface area contributed by atoms with Gasteiger partial charge < -0.3 is 5.11 Å². The van der Waals surface area contributed by atoms with Crippen LogP contribution in [-0.4, -0.2) is 43.6 Å². The number of carbonyl (C=O) groups is 1. The van der Waals surface area contributed by atoms with Crippen LogP contribution in [0.25, 0.3) is 0 Å². The van der Waals surface area contributed by atoms with Crippen molar-refractivity contribution in [3.63, 3.8) is 0 Å². The van der Waals surface area contributed by atoms with E-state index >= 15 is 0 Å². The molecule has 0 aromatic carbocycles. The molecule has 6 nitrogen and oxygen atoms in total. The first-order chi connectivity index (χ1) is 7.65. The average molecular weight is 224 g/mol. The number of nitrogens with zero attached hydrogens (tertiary/aromatic N) is 4. The van der Waals surface area contributed by atoms with E-state index in [1.807, 2.05) is 0 Å². The van der Waals surface area contributed by atoms with Gasteiger partial charge in [-0.3, -0.25) is 9.69 Å². The lowest BCUT2D eigenvalue weighted by molar-refractivity contribution is -0.137. The van der Waals surface area contributed by atoms with Crippen molar-refractivity contribution in [1.29, 1.82) is 0 Å². The number of likely N-dealkylation sites (tertiary alicyclic amines) is 1. The van der Waals surface area contributed by atoms with E-state index in [0.29, 0.717) is 6.04 Å². The minimum Gasteiger partial charge on any atom is -0.480 e. The molecule has 1 aromatic rings.